The molecule has 1 atom stereocenters. The summed E-state index contributed by atoms with van der Waals surface area (Å²) in [4.78, 5) is 12.9. The van der Waals surface area contributed by atoms with Gasteiger partial charge in [-0.1, -0.05) is 60.2 Å². The van der Waals surface area contributed by atoms with Crippen LogP contribution in [0.25, 0.3) is 0 Å². The number of carbonyl (C=O) groups excluding carboxylic acids is 1. The standard InChI is InChI=1S/C25H28N2O5S/c1-18-9-8-12-20(15-18)25(19-10-6-5-7-11-19)26-24(28)17-27(2)33(29,30)21-13-14-22(31-3)23(16-21)32-4/h5-16,25H,17H2,1-4H3,(H,26,28). The predicted molar refractivity (Wildman–Crippen MR) is 127 cm³/mol. The van der Waals surface area contributed by atoms with E-state index in [0.29, 0.717) is 11.5 Å². The molecule has 7 nitrogen and oxygen atoms in total. The molecule has 0 saturated carbocycles. The Hall–Kier alpha value is -3.36. The first-order valence-corrected chi connectivity index (χ1v) is 11.8. The van der Waals surface area contributed by atoms with Crippen molar-refractivity contribution < 1.29 is 22.7 Å². The molecule has 1 N–H and O–H groups in total. The van der Waals surface area contributed by atoms with Gasteiger partial charge in [-0.15, -0.1) is 0 Å². The fourth-order valence-electron chi connectivity index (χ4n) is 3.51. The minimum absolute atomic E-state index is 0.00810. The number of aryl methyl sites for hydroxylation is 1. The number of benzene rings is 3. The zero-order valence-corrected chi connectivity index (χ0v) is 19.9. The van der Waals surface area contributed by atoms with Crippen LogP contribution in [0.2, 0.25) is 0 Å². The summed E-state index contributed by atoms with van der Waals surface area (Å²) in [5.74, 6) is 0.289. The van der Waals surface area contributed by atoms with Crippen molar-refractivity contribution in [3.05, 3.63) is 89.5 Å². The van der Waals surface area contributed by atoms with Crippen LogP contribution in [0, 0.1) is 6.92 Å². The minimum atomic E-state index is -3.93. The predicted octanol–water partition coefficient (Wildman–Crippen LogP) is 3.54. The summed E-state index contributed by atoms with van der Waals surface area (Å²) in [7, 11) is 0.347. The Balaban J connectivity index is 1.81. The van der Waals surface area contributed by atoms with Crippen LogP contribution in [-0.2, 0) is 14.8 Å². The first-order chi connectivity index (χ1) is 15.8. The van der Waals surface area contributed by atoms with E-state index in [0.717, 1.165) is 21.0 Å². The number of hydrogen-bond acceptors (Lipinski definition) is 5. The Morgan fingerprint density at radius 2 is 1.58 bits per heavy atom. The molecule has 1 amide bonds. The lowest BCUT2D eigenvalue weighted by Gasteiger charge is -2.23. The molecule has 1 unspecified atom stereocenters. The van der Waals surface area contributed by atoms with E-state index in [1.54, 1.807) is 0 Å². The van der Waals surface area contributed by atoms with Crippen LogP contribution < -0.4 is 14.8 Å². The van der Waals surface area contributed by atoms with Crippen LogP contribution in [0.5, 0.6) is 11.5 Å². The molecule has 0 fully saturated rings. The first kappa shape index (κ1) is 24.3. The van der Waals surface area contributed by atoms with Crippen molar-refractivity contribution in [1.82, 2.24) is 9.62 Å². The highest BCUT2D eigenvalue weighted by Crippen LogP contribution is 2.30. The van der Waals surface area contributed by atoms with Gasteiger partial charge in [-0.25, -0.2) is 8.42 Å². The van der Waals surface area contributed by atoms with Crippen LogP contribution in [0.15, 0.2) is 77.7 Å². The summed E-state index contributed by atoms with van der Waals surface area (Å²) in [6.07, 6.45) is 0. The second-order valence-electron chi connectivity index (χ2n) is 7.60. The lowest BCUT2D eigenvalue weighted by molar-refractivity contribution is -0.121. The summed E-state index contributed by atoms with van der Waals surface area (Å²) >= 11 is 0. The maximum Gasteiger partial charge on any atom is 0.243 e. The monoisotopic (exact) mass is 468 g/mol. The van der Waals surface area contributed by atoms with Gasteiger partial charge in [0.05, 0.1) is 31.7 Å². The average Bonchev–Trinajstić information content (AvgIpc) is 2.82. The maximum absolute atomic E-state index is 13.1. The van der Waals surface area contributed by atoms with E-state index in [-0.39, 0.29) is 11.4 Å². The molecular formula is C25H28N2O5S. The number of amides is 1. The molecule has 3 rings (SSSR count). The Bertz CT molecular complexity index is 1210. The quantitative estimate of drug-likeness (QED) is 0.519. The summed E-state index contributed by atoms with van der Waals surface area (Å²) in [5.41, 5.74) is 2.89. The number of hydrogen-bond donors (Lipinski definition) is 1. The van der Waals surface area contributed by atoms with Crippen molar-refractivity contribution in [2.75, 3.05) is 27.8 Å². The second-order valence-corrected chi connectivity index (χ2v) is 9.65. The van der Waals surface area contributed by atoms with Crippen molar-refractivity contribution >= 4 is 15.9 Å². The fourth-order valence-corrected chi connectivity index (χ4v) is 4.65. The van der Waals surface area contributed by atoms with Crippen molar-refractivity contribution in [3.8, 4) is 11.5 Å². The molecule has 8 heteroatoms. The van der Waals surface area contributed by atoms with Gasteiger partial charge in [0.2, 0.25) is 15.9 Å². The molecule has 0 bridgehead atoms. The number of nitrogens with one attached hydrogen (secondary N) is 1. The lowest BCUT2D eigenvalue weighted by atomic mass is 9.97. The van der Waals surface area contributed by atoms with Crippen molar-refractivity contribution in [2.45, 2.75) is 17.9 Å². The van der Waals surface area contributed by atoms with Gasteiger partial charge >= 0.3 is 0 Å². The van der Waals surface area contributed by atoms with E-state index >= 15 is 0 Å². The van der Waals surface area contributed by atoms with Gasteiger partial charge in [-0.2, -0.15) is 4.31 Å². The largest absolute Gasteiger partial charge is 0.493 e. The normalized spacial score (nSPS) is 12.3. The summed E-state index contributed by atoms with van der Waals surface area (Å²) in [6.45, 7) is 1.64. The van der Waals surface area contributed by atoms with E-state index < -0.39 is 22.0 Å². The minimum Gasteiger partial charge on any atom is -0.493 e. The Morgan fingerprint density at radius 1 is 0.909 bits per heavy atom. The summed E-state index contributed by atoms with van der Waals surface area (Å²) in [6, 6.07) is 21.3. The van der Waals surface area contributed by atoms with E-state index in [2.05, 4.69) is 5.32 Å². The highest BCUT2D eigenvalue weighted by molar-refractivity contribution is 7.89. The molecular weight excluding hydrogens is 440 g/mol. The number of likely N-dealkylation sites (N-methyl/N-ethyl adjacent to an activating group) is 1. The van der Waals surface area contributed by atoms with Gasteiger partial charge in [-0.05, 0) is 30.2 Å². The number of ether oxygens (including phenoxy) is 2. The van der Waals surface area contributed by atoms with Crippen LogP contribution >= 0.6 is 0 Å². The molecule has 33 heavy (non-hydrogen) atoms. The molecule has 0 radical (unpaired) electrons. The molecule has 0 aliphatic rings. The van der Waals surface area contributed by atoms with Gasteiger partial charge < -0.3 is 14.8 Å². The van der Waals surface area contributed by atoms with Crippen LogP contribution in [0.3, 0.4) is 0 Å². The highest BCUT2D eigenvalue weighted by Gasteiger charge is 2.26. The number of rotatable bonds is 9. The zero-order chi connectivity index (χ0) is 24.0. The lowest BCUT2D eigenvalue weighted by Crippen LogP contribution is -2.40. The number of nitrogens with zero attached hydrogens (tertiary/aromatic N) is 1. The fraction of sp³-hybridized carbons (Fsp3) is 0.240. The van der Waals surface area contributed by atoms with Gasteiger partial charge in [0.1, 0.15) is 0 Å². The molecule has 0 aromatic heterocycles. The number of carbonyl (C=O) groups is 1. The van der Waals surface area contributed by atoms with Crippen molar-refractivity contribution in [2.24, 2.45) is 0 Å². The maximum atomic E-state index is 13.1. The average molecular weight is 469 g/mol. The second kappa shape index (κ2) is 10.5. The molecule has 0 aliphatic heterocycles. The van der Waals surface area contributed by atoms with Gasteiger partial charge in [-0.3, -0.25) is 4.79 Å². The van der Waals surface area contributed by atoms with Crippen LogP contribution in [-0.4, -0.2) is 46.4 Å². The van der Waals surface area contributed by atoms with Crippen LogP contribution in [0.4, 0.5) is 0 Å². The Morgan fingerprint density at radius 3 is 2.21 bits per heavy atom. The Labute approximate surface area is 195 Å². The molecule has 3 aromatic rings. The van der Waals surface area contributed by atoms with Gasteiger partial charge in [0, 0.05) is 13.1 Å². The van der Waals surface area contributed by atoms with Crippen molar-refractivity contribution in [1.29, 1.82) is 0 Å². The van der Waals surface area contributed by atoms with Crippen LogP contribution in [0.1, 0.15) is 22.7 Å². The SMILES string of the molecule is COc1ccc(S(=O)(=O)N(C)CC(=O)NC(c2ccccc2)c2cccc(C)c2)cc1OC. The zero-order valence-electron chi connectivity index (χ0n) is 19.1. The first-order valence-electron chi connectivity index (χ1n) is 10.4. The molecule has 3 aromatic carbocycles. The Kier molecular flexibility index (Phi) is 7.73. The van der Waals surface area contributed by atoms with Gasteiger partial charge in [0.15, 0.2) is 11.5 Å². The van der Waals surface area contributed by atoms with E-state index in [1.165, 1.54) is 39.5 Å². The van der Waals surface area contributed by atoms with E-state index in [9.17, 15) is 13.2 Å². The van der Waals surface area contributed by atoms with E-state index in [1.807, 2.05) is 61.5 Å². The van der Waals surface area contributed by atoms with E-state index in [4.69, 9.17) is 9.47 Å². The summed E-state index contributed by atoms with van der Waals surface area (Å²) < 4.78 is 37.5. The molecule has 0 heterocycles. The number of sulfonamides is 1. The molecule has 0 aliphatic carbocycles. The topological polar surface area (TPSA) is 84.9 Å². The molecule has 174 valence electrons. The molecule has 0 spiro atoms. The highest BCUT2D eigenvalue weighted by atomic mass is 32.2. The third-order valence-corrected chi connectivity index (χ3v) is 7.04. The third-order valence-electron chi connectivity index (χ3n) is 5.24. The number of methoxy groups -OCH3 is 2. The van der Waals surface area contributed by atoms with Crippen molar-refractivity contribution in [3.63, 3.8) is 0 Å². The van der Waals surface area contributed by atoms with Gasteiger partial charge in [0.25, 0.3) is 0 Å². The smallest absolute Gasteiger partial charge is 0.243 e. The molecule has 0 saturated heterocycles. The summed E-state index contributed by atoms with van der Waals surface area (Å²) in [5, 5.41) is 2.98. The third kappa shape index (κ3) is 5.71.